The standard InChI is InChI=1S/C24H28FN5O3S/c1-32-19-11-30(10-18(19)26)15-6-4-12-7-14(5-3-13(12)8-15)28-22(31)21-20(27)16-9-17(25)23(33-2)29-24(16)34-21/h4,6,8-9,14,18-19H,3,5,7,10-11,26-27H2,1-2H3,(H,28,31)/t14-,18-,19-/m0/s1. The number of hydrogen-bond donors (Lipinski definition) is 3. The van der Waals surface area contributed by atoms with Crippen LogP contribution in [0.25, 0.3) is 10.2 Å². The molecule has 180 valence electrons. The molecule has 3 aromatic rings. The Morgan fingerprint density at radius 1 is 1.26 bits per heavy atom. The van der Waals surface area contributed by atoms with Gasteiger partial charge in [-0.3, -0.25) is 4.79 Å². The van der Waals surface area contributed by atoms with Crippen LogP contribution >= 0.6 is 11.3 Å². The maximum absolute atomic E-state index is 14.1. The largest absolute Gasteiger partial charge is 0.479 e. The van der Waals surface area contributed by atoms with E-state index in [1.54, 1.807) is 7.11 Å². The van der Waals surface area contributed by atoms with E-state index in [0.29, 0.717) is 15.1 Å². The van der Waals surface area contributed by atoms with Gasteiger partial charge in [0, 0.05) is 37.3 Å². The highest BCUT2D eigenvalue weighted by molar-refractivity contribution is 7.21. The van der Waals surface area contributed by atoms with Crippen LogP contribution in [0.15, 0.2) is 24.3 Å². The molecular weight excluding hydrogens is 457 g/mol. The molecule has 2 aromatic heterocycles. The van der Waals surface area contributed by atoms with E-state index in [-0.39, 0.29) is 35.7 Å². The number of thiophene rings is 1. The minimum absolute atomic E-state index is 0.00669. The van der Waals surface area contributed by atoms with Crippen LogP contribution in [0.2, 0.25) is 0 Å². The lowest BCUT2D eigenvalue weighted by molar-refractivity contribution is 0.0938. The van der Waals surface area contributed by atoms with Crippen molar-refractivity contribution in [1.29, 1.82) is 0 Å². The number of aryl methyl sites for hydroxylation is 1. The van der Waals surface area contributed by atoms with Crippen molar-refractivity contribution >= 4 is 38.8 Å². The molecule has 1 aromatic carbocycles. The predicted molar refractivity (Wildman–Crippen MR) is 131 cm³/mol. The number of ether oxygens (including phenoxy) is 2. The van der Waals surface area contributed by atoms with Crippen molar-refractivity contribution in [2.45, 2.75) is 37.5 Å². The molecule has 0 spiro atoms. The summed E-state index contributed by atoms with van der Waals surface area (Å²) in [7, 11) is 3.05. The molecule has 1 aliphatic heterocycles. The van der Waals surface area contributed by atoms with Crippen molar-refractivity contribution in [1.82, 2.24) is 10.3 Å². The number of nitrogens with one attached hydrogen (secondary N) is 1. The second kappa shape index (κ2) is 9.01. The molecule has 34 heavy (non-hydrogen) atoms. The quantitative estimate of drug-likeness (QED) is 0.508. The van der Waals surface area contributed by atoms with Crippen LogP contribution in [0, 0.1) is 5.82 Å². The number of nitrogens with zero attached hydrogens (tertiary/aromatic N) is 2. The summed E-state index contributed by atoms with van der Waals surface area (Å²) in [5.41, 5.74) is 16.3. The molecule has 8 nitrogen and oxygen atoms in total. The summed E-state index contributed by atoms with van der Waals surface area (Å²) in [6.45, 7) is 1.56. The third kappa shape index (κ3) is 4.06. The van der Waals surface area contributed by atoms with Crippen LogP contribution in [0.1, 0.15) is 27.2 Å². The first-order valence-corrected chi connectivity index (χ1v) is 12.1. The van der Waals surface area contributed by atoms with Gasteiger partial charge in [-0.2, -0.15) is 4.98 Å². The molecule has 3 atom stereocenters. The van der Waals surface area contributed by atoms with Gasteiger partial charge in [0.25, 0.3) is 11.8 Å². The highest BCUT2D eigenvalue weighted by Gasteiger charge is 2.31. The van der Waals surface area contributed by atoms with Gasteiger partial charge >= 0.3 is 0 Å². The first-order chi connectivity index (χ1) is 16.4. The van der Waals surface area contributed by atoms with E-state index in [9.17, 15) is 9.18 Å². The van der Waals surface area contributed by atoms with E-state index >= 15 is 0 Å². The molecule has 1 amide bonds. The number of aromatic nitrogens is 1. The first-order valence-electron chi connectivity index (χ1n) is 11.3. The SMILES string of the molecule is COc1nc2sc(C(=O)N[C@H]3CCc4cc(N5C[C@H](OC)[C@@H](N)C5)ccc4C3)c(N)c2cc1F. The van der Waals surface area contributed by atoms with Crippen LogP contribution in [0.3, 0.4) is 0 Å². The minimum atomic E-state index is -0.608. The topological polar surface area (TPSA) is 116 Å². The average molecular weight is 486 g/mol. The van der Waals surface area contributed by atoms with E-state index in [1.807, 2.05) is 0 Å². The fourth-order valence-corrected chi connectivity index (χ4v) is 5.86. The van der Waals surface area contributed by atoms with Crippen molar-refractivity contribution in [3.63, 3.8) is 0 Å². The summed E-state index contributed by atoms with van der Waals surface area (Å²) in [5, 5.41) is 3.53. The van der Waals surface area contributed by atoms with Crippen molar-refractivity contribution in [2.75, 3.05) is 37.9 Å². The van der Waals surface area contributed by atoms with E-state index in [1.165, 1.54) is 24.3 Å². The zero-order valence-electron chi connectivity index (χ0n) is 19.1. The van der Waals surface area contributed by atoms with Crippen LogP contribution in [-0.2, 0) is 17.6 Å². The molecule has 3 heterocycles. The fraction of sp³-hybridized carbons (Fsp3) is 0.417. The number of carbonyl (C=O) groups excluding carboxylic acids is 1. The zero-order valence-corrected chi connectivity index (χ0v) is 20.0. The van der Waals surface area contributed by atoms with Crippen LogP contribution in [0.4, 0.5) is 15.8 Å². The summed E-state index contributed by atoms with van der Waals surface area (Å²) >= 11 is 1.14. The van der Waals surface area contributed by atoms with E-state index in [4.69, 9.17) is 20.9 Å². The number of fused-ring (bicyclic) bond motifs is 2. The Kier molecular flexibility index (Phi) is 6.05. The molecule has 1 fully saturated rings. The number of hydrogen-bond acceptors (Lipinski definition) is 8. The van der Waals surface area contributed by atoms with Crippen LogP contribution in [-0.4, -0.2) is 56.4 Å². The Morgan fingerprint density at radius 3 is 2.82 bits per heavy atom. The number of halogens is 1. The molecule has 10 heteroatoms. The summed E-state index contributed by atoms with van der Waals surface area (Å²) in [4.78, 5) is 20.2. The van der Waals surface area contributed by atoms with Crippen molar-refractivity contribution < 1.29 is 18.7 Å². The minimum Gasteiger partial charge on any atom is -0.479 e. The normalized spacial score (nSPS) is 22.1. The highest BCUT2D eigenvalue weighted by Crippen LogP contribution is 2.35. The number of anilines is 2. The predicted octanol–water partition coefficient (Wildman–Crippen LogP) is 2.48. The number of pyridine rings is 1. The van der Waals surface area contributed by atoms with E-state index < -0.39 is 5.82 Å². The Hall–Kier alpha value is -2.95. The van der Waals surface area contributed by atoms with Gasteiger partial charge in [-0.05, 0) is 48.6 Å². The van der Waals surface area contributed by atoms with Gasteiger partial charge in [-0.1, -0.05) is 6.07 Å². The van der Waals surface area contributed by atoms with Gasteiger partial charge in [0.1, 0.15) is 9.71 Å². The highest BCUT2D eigenvalue weighted by atomic mass is 32.1. The lowest BCUT2D eigenvalue weighted by Crippen LogP contribution is -2.38. The third-order valence-electron chi connectivity index (χ3n) is 6.77. The maximum Gasteiger partial charge on any atom is 0.263 e. The third-order valence-corrected chi connectivity index (χ3v) is 7.89. The Morgan fingerprint density at radius 2 is 2.09 bits per heavy atom. The number of rotatable bonds is 5. The van der Waals surface area contributed by atoms with Crippen molar-refractivity contribution in [3.8, 4) is 5.88 Å². The number of nitrogens with two attached hydrogens (primary N) is 2. The van der Waals surface area contributed by atoms with Crippen molar-refractivity contribution in [2.24, 2.45) is 5.73 Å². The lowest BCUT2D eigenvalue weighted by Gasteiger charge is -2.27. The maximum atomic E-state index is 14.1. The van der Waals surface area contributed by atoms with Gasteiger partial charge in [0.15, 0.2) is 5.82 Å². The number of amides is 1. The molecule has 2 aliphatic rings. The second-order valence-electron chi connectivity index (χ2n) is 8.89. The smallest absolute Gasteiger partial charge is 0.263 e. The second-order valence-corrected chi connectivity index (χ2v) is 9.89. The number of benzene rings is 1. The van der Waals surface area contributed by atoms with Gasteiger partial charge in [0.05, 0.1) is 24.9 Å². The summed E-state index contributed by atoms with van der Waals surface area (Å²) in [5.74, 6) is -0.984. The summed E-state index contributed by atoms with van der Waals surface area (Å²) in [6.07, 6.45) is 2.49. The Balaban J connectivity index is 1.29. The summed E-state index contributed by atoms with van der Waals surface area (Å²) < 4.78 is 24.5. The molecular formula is C24H28FN5O3S. The average Bonchev–Trinajstić information content (AvgIpc) is 3.37. The first kappa shape index (κ1) is 22.8. The zero-order chi connectivity index (χ0) is 24.0. The Bertz CT molecular complexity index is 1250. The molecule has 0 saturated carbocycles. The monoisotopic (exact) mass is 485 g/mol. The van der Waals surface area contributed by atoms with Crippen molar-refractivity contribution in [3.05, 3.63) is 46.1 Å². The van der Waals surface area contributed by atoms with E-state index in [2.05, 4.69) is 33.4 Å². The summed E-state index contributed by atoms with van der Waals surface area (Å²) in [6, 6.07) is 7.76. The van der Waals surface area contributed by atoms with Crippen LogP contribution in [0.5, 0.6) is 5.88 Å². The van der Waals surface area contributed by atoms with Crippen LogP contribution < -0.4 is 26.4 Å². The fourth-order valence-electron chi connectivity index (χ4n) is 4.88. The van der Waals surface area contributed by atoms with Gasteiger partial charge in [-0.15, -0.1) is 11.3 Å². The van der Waals surface area contributed by atoms with Gasteiger partial charge in [-0.25, -0.2) is 4.39 Å². The number of methoxy groups -OCH3 is 2. The number of nitrogen functional groups attached to an aromatic ring is 1. The molecule has 0 radical (unpaired) electrons. The molecule has 5 N–H and O–H groups in total. The molecule has 0 unspecified atom stereocenters. The molecule has 0 bridgehead atoms. The molecule has 1 saturated heterocycles. The number of carbonyl (C=O) groups is 1. The molecule has 1 aliphatic carbocycles. The van der Waals surface area contributed by atoms with E-state index in [0.717, 1.165) is 49.4 Å². The van der Waals surface area contributed by atoms with Gasteiger partial charge < -0.3 is 31.2 Å². The molecule has 5 rings (SSSR count). The van der Waals surface area contributed by atoms with Gasteiger partial charge in [0.2, 0.25) is 0 Å². The Labute approximate surface area is 201 Å². The lowest BCUT2D eigenvalue weighted by atomic mass is 9.87.